The van der Waals surface area contributed by atoms with Gasteiger partial charge in [-0.05, 0) is 61.7 Å². The second-order valence-electron chi connectivity index (χ2n) is 9.54. The molecule has 0 amide bonds. The normalized spacial score (nSPS) is 23.6. The number of benzene rings is 2. The molecule has 7 heteroatoms. The molecule has 0 radical (unpaired) electrons. The van der Waals surface area contributed by atoms with E-state index >= 15 is 0 Å². The van der Waals surface area contributed by atoms with Crippen molar-refractivity contribution in [2.24, 2.45) is 5.41 Å². The van der Waals surface area contributed by atoms with Gasteiger partial charge in [-0.1, -0.05) is 61.5 Å². The van der Waals surface area contributed by atoms with Crippen molar-refractivity contribution in [3.63, 3.8) is 0 Å². The predicted molar refractivity (Wildman–Crippen MR) is 140 cm³/mol. The summed E-state index contributed by atoms with van der Waals surface area (Å²) < 4.78 is 33.9. The maximum atomic E-state index is 10.5. The molecule has 1 aliphatic carbocycles. The Kier molecular flexibility index (Phi) is 7.40. The molecule has 5 nitrogen and oxygen atoms in total. The molecule has 0 spiro atoms. The lowest BCUT2D eigenvalue weighted by molar-refractivity contribution is -0.0224. The van der Waals surface area contributed by atoms with Crippen LogP contribution in [-0.2, 0) is 22.5 Å². The Hall–Kier alpha value is -2.29. The maximum Gasteiger partial charge on any atom is 0.232 e. The van der Waals surface area contributed by atoms with E-state index in [-0.39, 0.29) is 17.1 Å². The number of rotatable bonds is 5. The topological polar surface area (TPSA) is 67.8 Å². The molecule has 1 aliphatic heterocycles. The van der Waals surface area contributed by atoms with Gasteiger partial charge in [-0.2, -0.15) is 0 Å². The van der Waals surface area contributed by atoms with Gasteiger partial charge in [0.05, 0.1) is 5.60 Å². The molecular weight excluding hydrogens is 466 g/mol. The average molecular weight is 498 g/mol. The number of thiophene rings is 1. The lowest BCUT2D eigenvalue weighted by Gasteiger charge is -2.30. The van der Waals surface area contributed by atoms with Gasteiger partial charge in [0.2, 0.25) is 11.3 Å². The van der Waals surface area contributed by atoms with Gasteiger partial charge in [0, 0.05) is 16.8 Å². The van der Waals surface area contributed by atoms with Crippen molar-refractivity contribution >= 4 is 33.4 Å². The third-order valence-corrected chi connectivity index (χ3v) is 7.31. The third-order valence-electron chi connectivity index (χ3n) is 6.04. The van der Waals surface area contributed by atoms with Crippen LogP contribution in [0, 0.1) is 12.3 Å². The minimum atomic E-state index is -1.96. The van der Waals surface area contributed by atoms with Gasteiger partial charge in [0.25, 0.3) is 0 Å². The number of ether oxygens (including phenoxy) is 2. The van der Waals surface area contributed by atoms with Crippen molar-refractivity contribution in [2.45, 2.75) is 52.4 Å². The lowest BCUT2D eigenvalue weighted by Crippen LogP contribution is -2.31. The van der Waals surface area contributed by atoms with Gasteiger partial charge < -0.3 is 9.47 Å². The van der Waals surface area contributed by atoms with E-state index in [1.807, 2.05) is 54.6 Å². The highest BCUT2D eigenvalue weighted by atomic mass is 32.2. The van der Waals surface area contributed by atoms with E-state index in [1.54, 1.807) is 11.3 Å². The van der Waals surface area contributed by atoms with Crippen LogP contribution in [0.25, 0.3) is 10.8 Å². The van der Waals surface area contributed by atoms with E-state index in [2.05, 4.69) is 50.6 Å². The Morgan fingerprint density at radius 2 is 1.91 bits per heavy atom. The molecule has 2 aliphatic rings. The first-order chi connectivity index (χ1) is 16.2. The molecule has 0 saturated carbocycles. The first-order valence-electron chi connectivity index (χ1n) is 11.3. The fourth-order valence-electron chi connectivity index (χ4n) is 4.74. The van der Waals surface area contributed by atoms with Crippen LogP contribution in [0.3, 0.4) is 0 Å². The minimum absolute atomic E-state index is 0.0231. The molecule has 1 aromatic heterocycles. The first kappa shape index (κ1) is 24.8. The third kappa shape index (κ3) is 5.85. The van der Waals surface area contributed by atoms with Gasteiger partial charge in [-0.3, -0.25) is 4.55 Å². The minimum Gasteiger partial charge on any atom is -0.448 e. The highest BCUT2D eigenvalue weighted by Gasteiger charge is 2.50. The Morgan fingerprint density at radius 3 is 2.65 bits per heavy atom. The van der Waals surface area contributed by atoms with Crippen molar-refractivity contribution < 1.29 is 18.2 Å². The zero-order chi connectivity index (χ0) is 24.3. The molecule has 2 N–H and O–H groups in total. The molecule has 180 valence electrons. The summed E-state index contributed by atoms with van der Waals surface area (Å²) >= 11 is -0.287. The Balaban J connectivity index is 0.000000166. The number of hydrogen-bond acceptors (Lipinski definition) is 4. The molecule has 2 aromatic carbocycles. The Labute approximate surface area is 207 Å². The van der Waals surface area contributed by atoms with E-state index in [0.29, 0.717) is 6.54 Å². The highest BCUT2D eigenvalue weighted by molar-refractivity contribution is 7.77. The summed E-state index contributed by atoms with van der Waals surface area (Å²) in [6.07, 6.45) is 7.42. The Morgan fingerprint density at radius 1 is 1.15 bits per heavy atom. The second kappa shape index (κ2) is 10.1. The molecule has 1 saturated heterocycles. The molecule has 1 fully saturated rings. The number of hydrogen-bond donors (Lipinski definition) is 2. The van der Waals surface area contributed by atoms with Crippen LogP contribution in [0.2, 0.25) is 0 Å². The van der Waals surface area contributed by atoms with Crippen molar-refractivity contribution in [1.82, 2.24) is 4.72 Å². The van der Waals surface area contributed by atoms with Gasteiger partial charge in [0.15, 0.2) is 5.06 Å². The van der Waals surface area contributed by atoms with E-state index in [1.165, 1.54) is 4.88 Å². The van der Waals surface area contributed by atoms with Crippen LogP contribution in [0.15, 0.2) is 78.6 Å². The monoisotopic (exact) mass is 497 g/mol. The van der Waals surface area contributed by atoms with Crippen LogP contribution >= 0.6 is 11.3 Å². The number of nitrogens with one attached hydrogen (secondary N) is 1. The SMILES string of the molecule is Cc1ccc(OC2=CC=CC3(C)CC(C)(C)O[C@@H]23)s1.O=S(O)NCc1cccc2ccccc12. The first-order valence-corrected chi connectivity index (χ1v) is 13.2. The van der Waals surface area contributed by atoms with Gasteiger partial charge >= 0.3 is 0 Å². The van der Waals surface area contributed by atoms with Crippen molar-refractivity contribution in [2.75, 3.05) is 0 Å². The summed E-state index contributed by atoms with van der Waals surface area (Å²) in [6, 6.07) is 18.0. The van der Waals surface area contributed by atoms with Gasteiger partial charge in [0.1, 0.15) is 11.9 Å². The highest BCUT2D eigenvalue weighted by Crippen LogP contribution is 2.49. The average Bonchev–Trinajstić information content (AvgIpc) is 3.31. The smallest absolute Gasteiger partial charge is 0.232 e. The van der Waals surface area contributed by atoms with Crippen molar-refractivity contribution in [3.8, 4) is 5.06 Å². The standard InChI is InChI=1S/C16H20O2S.C11H11NO2S/c1-11-7-8-13(19-11)17-12-6-5-9-16(4)10-15(2,3)18-14(12)16;13-15(14)12-8-10-6-3-5-9-4-1-2-7-11(9)10/h5-9,14H,10H2,1-4H3;1-7,12H,8H2,(H,13,14)/t14-,16?;/m0./s1. The predicted octanol–water partition coefficient (Wildman–Crippen LogP) is 6.53. The summed E-state index contributed by atoms with van der Waals surface area (Å²) in [4.78, 5) is 1.26. The molecule has 2 heterocycles. The van der Waals surface area contributed by atoms with Gasteiger partial charge in [-0.25, -0.2) is 8.93 Å². The van der Waals surface area contributed by atoms with Crippen LogP contribution in [0.4, 0.5) is 0 Å². The number of fused-ring (bicyclic) bond motifs is 2. The molecule has 5 rings (SSSR count). The quantitative estimate of drug-likeness (QED) is 0.393. The van der Waals surface area contributed by atoms with E-state index in [0.717, 1.165) is 33.6 Å². The van der Waals surface area contributed by atoms with E-state index < -0.39 is 11.3 Å². The molecular formula is C27H31NO4S2. The molecule has 34 heavy (non-hydrogen) atoms. The van der Waals surface area contributed by atoms with Crippen molar-refractivity contribution in [1.29, 1.82) is 0 Å². The largest absolute Gasteiger partial charge is 0.448 e. The van der Waals surface area contributed by atoms with Gasteiger partial charge in [-0.15, -0.1) is 11.3 Å². The maximum absolute atomic E-state index is 10.5. The van der Waals surface area contributed by atoms with Crippen LogP contribution < -0.4 is 9.46 Å². The molecule has 2 unspecified atom stereocenters. The number of aryl methyl sites for hydroxylation is 1. The fraction of sp³-hybridized carbons (Fsp3) is 0.333. The summed E-state index contributed by atoms with van der Waals surface area (Å²) in [6.45, 7) is 9.03. The van der Waals surface area contributed by atoms with E-state index in [9.17, 15) is 4.21 Å². The van der Waals surface area contributed by atoms with Crippen LogP contribution in [-0.4, -0.2) is 20.5 Å². The number of allylic oxidation sites excluding steroid dienone is 2. The lowest BCUT2D eigenvalue weighted by atomic mass is 9.76. The molecule has 3 atom stereocenters. The van der Waals surface area contributed by atoms with E-state index in [4.69, 9.17) is 14.0 Å². The summed E-state index contributed by atoms with van der Waals surface area (Å²) in [5.74, 6) is 0.928. The summed E-state index contributed by atoms with van der Waals surface area (Å²) in [5.41, 5.74) is 0.970. The van der Waals surface area contributed by atoms with Crippen molar-refractivity contribution in [3.05, 3.63) is 89.0 Å². The van der Waals surface area contributed by atoms with Crippen LogP contribution in [0.5, 0.6) is 5.06 Å². The summed E-state index contributed by atoms with van der Waals surface area (Å²) in [5, 5.41) is 3.19. The molecule has 0 bridgehead atoms. The Bertz CT molecular complexity index is 1240. The zero-order valence-corrected chi connectivity index (χ0v) is 21.5. The second-order valence-corrected chi connectivity index (χ2v) is 11.6. The molecule has 3 aromatic rings. The fourth-order valence-corrected chi connectivity index (χ4v) is 5.75. The summed E-state index contributed by atoms with van der Waals surface area (Å²) in [7, 11) is 0. The zero-order valence-electron chi connectivity index (χ0n) is 19.9. The van der Waals surface area contributed by atoms with Crippen LogP contribution in [0.1, 0.15) is 37.6 Å².